The maximum atomic E-state index is 12.7. The van der Waals surface area contributed by atoms with Crippen molar-refractivity contribution in [3.05, 3.63) is 46.5 Å². The molecule has 5 nitrogen and oxygen atoms in total. The highest BCUT2D eigenvalue weighted by Gasteiger charge is 2.29. The second kappa shape index (κ2) is 5.44. The van der Waals surface area contributed by atoms with Crippen LogP contribution in [0, 0.1) is 6.92 Å². The Kier molecular flexibility index (Phi) is 3.63. The van der Waals surface area contributed by atoms with E-state index < -0.39 is 0 Å². The summed E-state index contributed by atoms with van der Waals surface area (Å²) in [5, 5.41) is 0. The van der Waals surface area contributed by atoms with Crippen LogP contribution in [0.1, 0.15) is 23.0 Å². The van der Waals surface area contributed by atoms with Gasteiger partial charge >= 0.3 is 0 Å². The van der Waals surface area contributed by atoms with Crippen molar-refractivity contribution in [2.45, 2.75) is 20.0 Å². The average molecular weight is 348 g/mol. The highest BCUT2D eigenvalue weighted by atomic mass is 79.9. The molecule has 3 rings (SSSR count). The maximum Gasteiger partial charge on any atom is 0.278 e. The maximum absolute atomic E-state index is 12.7. The summed E-state index contributed by atoms with van der Waals surface area (Å²) >= 11 is 3.50. The fraction of sp³-hybridized carbons (Fsp3) is 0.267. The monoisotopic (exact) mass is 347 g/mol. The summed E-state index contributed by atoms with van der Waals surface area (Å²) in [5.74, 6) is 0.543. The quantitative estimate of drug-likeness (QED) is 0.795. The van der Waals surface area contributed by atoms with Crippen molar-refractivity contribution in [2.24, 2.45) is 0 Å². The summed E-state index contributed by atoms with van der Waals surface area (Å²) in [4.78, 5) is 22.4. The minimum absolute atomic E-state index is 0.0707. The largest absolute Gasteiger partial charge is 0.487 e. The summed E-state index contributed by atoms with van der Waals surface area (Å²) in [7, 11) is 0. The Balaban J connectivity index is 2.05. The van der Waals surface area contributed by atoms with Gasteiger partial charge in [0.1, 0.15) is 17.5 Å². The van der Waals surface area contributed by atoms with Gasteiger partial charge in [-0.15, -0.1) is 0 Å². The molecule has 2 heterocycles. The van der Waals surface area contributed by atoms with Crippen LogP contribution in [0.3, 0.4) is 0 Å². The topological polar surface area (TPSA) is 55.3 Å². The molecule has 1 amide bonds. The number of hydrogen-bond donors (Lipinski definition) is 0. The number of nitrogens with zero attached hydrogens (tertiary/aromatic N) is 3. The van der Waals surface area contributed by atoms with E-state index in [1.807, 2.05) is 26.0 Å². The fourth-order valence-corrected chi connectivity index (χ4v) is 2.63. The van der Waals surface area contributed by atoms with Crippen LogP contribution in [0.4, 0.5) is 5.69 Å². The lowest BCUT2D eigenvalue weighted by Gasteiger charge is -2.33. The number of aromatic nitrogens is 2. The highest BCUT2D eigenvalue weighted by Crippen LogP contribution is 2.38. The first-order valence-electron chi connectivity index (χ1n) is 6.61. The van der Waals surface area contributed by atoms with Gasteiger partial charge in [-0.25, -0.2) is 4.98 Å². The molecule has 6 heteroatoms. The standard InChI is InChI=1S/C15H14BrN3O2/c1-9-5-14-13(6-11(9)16)19(8-10(2)21-14)15(20)12-7-17-3-4-18-12/h3-7,10H,8H2,1-2H3/t10-/m1/s1. The number of carbonyl (C=O) groups is 1. The van der Waals surface area contributed by atoms with Crippen molar-refractivity contribution in [2.75, 3.05) is 11.4 Å². The Hall–Kier alpha value is -1.95. The van der Waals surface area contributed by atoms with Crippen LogP contribution in [-0.2, 0) is 0 Å². The lowest BCUT2D eigenvalue weighted by atomic mass is 10.1. The van der Waals surface area contributed by atoms with Gasteiger partial charge in [0.15, 0.2) is 0 Å². The molecular formula is C15H14BrN3O2. The Labute approximate surface area is 131 Å². The second-order valence-electron chi connectivity index (χ2n) is 5.00. The van der Waals surface area contributed by atoms with Crippen LogP contribution < -0.4 is 9.64 Å². The minimum atomic E-state index is -0.171. The number of rotatable bonds is 1. The predicted molar refractivity (Wildman–Crippen MR) is 82.7 cm³/mol. The molecule has 0 aliphatic carbocycles. The number of amides is 1. The van der Waals surface area contributed by atoms with Gasteiger partial charge in [0.2, 0.25) is 0 Å². The van der Waals surface area contributed by atoms with Gasteiger partial charge in [0, 0.05) is 16.9 Å². The van der Waals surface area contributed by atoms with Gasteiger partial charge in [-0.2, -0.15) is 0 Å². The van der Waals surface area contributed by atoms with E-state index in [9.17, 15) is 4.79 Å². The molecule has 2 aromatic rings. The third kappa shape index (κ3) is 2.63. The molecule has 1 aliphatic heterocycles. The molecule has 21 heavy (non-hydrogen) atoms. The fourth-order valence-electron chi connectivity index (χ4n) is 2.30. The molecule has 0 spiro atoms. The molecule has 1 atom stereocenters. The van der Waals surface area contributed by atoms with Gasteiger partial charge in [-0.1, -0.05) is 15.9 Å². The third-order valence-electron chi connectivity index (χ3n) is 3.33. The molecule has 0 radical (unpaired) electrons. The van der Waals surface area contributed by atoms with Gasteiger partial charge < -0.3 is 4.74 Å². The van der Waals surface area contributed by atoms with Crippen LogP contribution >= 0.6 is 15.9 Å². The molecule has 0 saturated heterocycles. The molecule has 0 saturated carbocycles. The number of carbonyl (C=O) groups excluding carboxylic acids is 1. The predicted octanol–water partition coefficient (Wildman–Crippen LogP) is 2.98. The zero-order valence-electron chi connectivity index (χ0n) is 11.7. The van der Waals surface area contributed by atoms with E-state index in [-0.39, 0.29) is 12.0 Å². The summed E-state index contributed by atoms with van der Waals surface area (Å²) in [6.07, 6.45) is 4.47. The van der Waals surface area contributed by atoms with Gasteiger partial charge in [0.25, 0.3) is 5.91 Å². The summed E-state index contributed by atoms with van der Waals surface area (Å²) in [6.45, 7) is 4.41. The van der Waals surface area contributed by atoms with E-state index in [1.165, 1.54) is 12.4 Å². The lowest BCUT2D eigenvalue weighted by Crippen LogP contribution is -2.42. The Morgan fingerprint density at radius 1 is 1.43 bits per heavy atom. The number of fused-ring (bicyclic) bond motifs is 1. The van der Waals surface area contributed by atoms with Crippen molar-refractivity contribution in [3.8, 4) is 5.75 Å². The summed E-state index contributed by atoms with van der Waals surface area (Å²) < 4.78 is 6.77. The summed E-state index contributed by atoms with van der Waals surface area (Å²) in [6, 6.07) is 3.84. The van der Waals surface area contributed by atoms with E-state index in [0.29, 0.717) is 18.0 Å². The van der Waals surface area contributed by atoms with Gasteiger partial charge in [-0.3, -0.25) is 14.7 Å². The normalized spacial score (nSPS) is 17.1. The van der Waals surface area contributed by atoms with Crippen molar-refractivity contribution in [1.29, 1.82) is 0 Å². The number of aryl methyl sites for hydroxylation is 1. The molecule has 1 aliphatic rings. The van der Waals surface area contributed by atoms with Crippen LogP contribution in [0.5, 0.6) is 5.75 Å². The first-order chi connectivity index (χ1) is 10.1. The number of ether oxygens (including phenoxy) is 1. The van der Waals surface area contributed by atoms with Crippen molar-refractivity contribution in [3.63, 3.8) is 0 Å². The molecule has 0 fully saturated rings. The number of hydrogen-bond acceptors (Lipinski definition) is 4. The molecule has 0 bridgehead atoms. The van der Waals surface area contributed by atoms with E-state index in [0.717, 1.165) is 15.7 Å². The highest BCUT2D eigenvalue weighted by molar-refractivity contribution is 9.10. The zero-order chi connectivity index (χ0) is 15.0. The number of halogens is 1. The third-order valence-corrected chi connectivity index (χ3v) is 4.18. The minimum Gasteiger partial charge on any atom is -0.487 e. The first kappa shape index (κ1) is 14.0. The first-order valence-corrected chi connectivity index (χ1v) is 7.40. The molecule has 108 valence electrons. The van der Waals surface area contributed by atoms with E-state index >= 15 is 0 Å². The molecule has 1 aromatic carbocycles. The van der Waals surface area contributed by atoms with Crippen molar-refractivity contribution in [1.82, 2.24) is 9.97 Å². The SMILES string of the molecule is Cc1cc2c(cc1Br)N(C(=O)c1cnccn1)C[C@@H](C)O2. The van der Waals surface area contributed by atoms with Crippen LogP contribution in [0.25, 0.3) is 0 Å². The smallest absolute Gasteiger partial charge is 0.278 e. The zero-order valence-corrected chi connectivity index (χ0v) is 13.3. The Morgan fingerprint density at radius 2 is 2.24 bits per heavy atom. The van der Waals surface area contributed by atoms with Crippen LogP contribution in [0.15, 0.2) is 35.2 Å². The molecule has 0 N–H and O–H groups in total. The van der Waals surface area contributed by atoms with Crippen molar-refractivity contribution < 1.29 is 9.53 Å². The average Bonchev–Trinajstić information content (AvgIpc) is 2.48. The Morgan fingerprint density at radius 3 is 2.95 bits per heavy atom. The molecule has 0 unspecified atom stereocenters. The van der Waals surface area contributed by atoms with Crippen LogP contribution in [-0.4, -0.2) is 28.5 Å². The summed E-state index contributed by atoms with van der Waals surface area (Å²) in [5.41, 5.74) is 2.14. The number of anilines is 1. The van der Waals surface area contributed by atoms with E-state index in [2.05, 4.69) is 25.9 Å². The number of benzene rings is 1. The lowest BCUT2D eigenvalue weighted by molar-refractivity contribution is 0.0956. The van der Waals surface area contributed by atoms with Crippen molar-refractivity contribution >= 4 is 27.5 Å². The van der Waals surface area contributed by atoms with Crippen LogP contribution in [0.2, 0.25) is 0 Å². The Bertz CT molecular complexity index is 691. The second-order valence-corrected chi connectivity index (χ2v) is 5.86. The molecule has 1 aromatic heterocycles. The van der Waals surface area contributed by atoms with Gasteiger partial charge in [-0.05, 0) is 31.5 Å². The molecular weight excluding hydrogens is 334 g/mol. The van der Waals surface area contributed by atoms with E-state index in [4.69, 9.17) is 4.74 Å². The van der Waals surface area contributed by atoms with Gasteiger partial charge in [0.05, 0.1) is 18.4 Å². The van der Waals surface area contributed by atoms with E-state index in [1.54, 1.807) is 11.1 Å².